The Morgan fingerprint density at radius 2 is 1.79 bits per heavy atom. The minimum atomic E-state index is -3.76. The third-order valence-corrected chi connectivity index (χ3v) is 6.15. The van der Waals surface area contributed by atoms with E-state index < -0.39 is 16.1 Å². The number of carbonyl (C=O) groups is 1. The molecule has 0 spiro atoms. The fraction of sp³-hybridized carbons (Fsp3) is 0.350. The first kappa shape index (κ1) is 22.2. The molecule has 2 rings (SSSR count). The van der Waals surface area contributed by atoms with Crippen LogP contribution >= 0.6 is 11.6 Å². The predicted octanol–water partition coefficient (Wildman–Crippen LogP) is 3.63. The van der Waals surface area contributed by atoms with Gasteiger partial charge in [0.2, 0.25) is 10.0 Å². The lowest BCUT2D eigenvalue weighted by Gasteiger charge is -2.19. The number of carbonyl (C=O) groups excluding carboxylic acids is 1. The highest BCUT2D eigenvalue weighted by molar-refractivity contribution is 7.89. The maximum absolute atomic E-state index is 12.6. The molecule has 0 bridgehead atoms. The summed E-state index contributed by atoms with van der Waals surface area (Å²) in [7, 11) is -3.76. The molecular weight excluding hydrogens is 400 g/mol. The summed E-state index contributed by atoms with van der Waals surface area (Å²) in [5.41, 5.74) is 0.854. The van der Waals surface area contributed by atoms with Gasteiger partial charge < -0.3 is 9.64 Å². The van der Waals surface area contributed by atoms with Gasteiger partial charge in [0, 0.05) is 19.1 Å². The van der Waals surface area contributed by atoms with Crippen LogP contribution in [0.25, 0.3) is 0 Å². The summed E-state index contributed by atoms with van der Waals surface area (Å²) in [4.78, 5) is 13.7. The van der Waals surface area contributed by atoms with Gasteiger partial charge in [0.05, 0.1) is 9.92 Å². The lowest BCUT2D eigenvalue weighted by molar-refractivity contribution is -0.132. The number of likely N-dealkylation sites (N-methyl/N-ethyl adjacent to an activating group) is 1. The van der Waals surface area contributed by atoms with E-state index in [9.17, 15) is 13.2 Å². The van der Waals surface area contributed by atoms with Gasteiger partial charge in [-0.1, -0.05) is 41.9 Å². The minimum Gasteiger partial charge on any atom is -0.482 e. The fourth-order valence-corrected chi connectivity index (χ4v) is 4.24. The van der Waals surface area contributed by atoms with E-state index in [0.717, 1.165) is 5.56 Å². The van der Waals surface area contributed by atoms with Gasteiger partial charge >= 0.3 is 0 Å². The van der Waals surface area contributed by atoms with Gasteiger partial charge in [-0.25, -0.2) is 13.1 Å². The van der Waals surface area contributed by atoms with E-state index in [-0.39, 0.29) is 28.2 Å². The lowest BCUT2D eigenvalue weighted by atomic mass is 10.1. The standard InChI is InChI=1S/C20H25ClN2O4S/c1-4-23(5-2)20(24)14-27-19-12-11-17(13-18(19)21)28(25,26)22-15(3)16-9-7-6-8-10-16/h6-13,15,22H,4-5,14H2,1-3H3/t15-/m1/s1. The van der Waals surface area contributed by atoms with E-state index in [2.05, 4.69) is 4.72 Å². The molecule has 0 heterocycles. The Bertz CT molecular complexity index is 900. The topological polar surface area (TPSA) is 75.7 Å². The summed E-state index contributed by atoms with van der Waals surface area (Å²) in [6.45, 7) is 6.57. The van der Waals surface area contributed by atoms with E-state index in [1.54, 1.807) is 11.8 Å². The van der Waals surface area contributed by atoms with Crippen molar-refractivity contribution in [3.63, 3.8) is 0 Å². The van der Waals surface area contributed by atoms with Crippen LogP contribution in [0.2, 0.25) is 5.02 Å². The van der Waals surface area contributed by atoms with Crippen LogP contribution in [0.15, 0.2) is 53.4 Å². The van der Waals surface area contributed by atoms with Crippen LogP contribution in [0, 0.1) is 0 Å². The fourth-order valence-electron chi connectivity index (χ4n) is 2.68. The summed E-state index contributed by atoms with van der Waals surface area (Å²) >= 11 is 6.18. The number of hydrogen-bond acceptors (Lipinski definition) is 4. The van der Waals surface area contributed by atoms with E-state index >= 15 is 0 Å². The van der Waals surface area contributed by atoms with Crippen molar-refractivity contribution in [2.45, 2.75) is 31.7 Å². The molecule has 0 aromatic heterocycles. The number of hydrogen-bond donors (Lipinski definition) is 1. The molecule has 0 unspecified atom stereocenters. The lowest BCUT2D eigenvalue weighted by Crippen LogP contribution is -2.34. The van der Waals surface area contributed by atoms with Gasteiger partial charge in [0.25, 0.3) is 5.91 Å². The number of halogens is 1. The highest BCUT2D eigenvalue weighted by Crippen LogP contribution is 2.28. The summed E-state index contributed by atoms with van der Waals surface area (Å²) in [6.07, 6.45) is 0. The van der Waals surface area contributed by atoms with Crippen molar-refractivity contribution in [1.82, 2.24) is 9.62 Å². The zero-order valence-electron chi connectivity index (χ0n) is 16.2. The molecule has 0 aliphatic carbocycles. The molecule has 152 valence electrons. The molecule has 1 atom stereocenters. The molecule has 1 N–H and O–H groups in total. The molecule has 2 aromatic rings. The van der Waals surface area contributed by atoms with Crippen LogP contribution in [0.4, 0.5) is 0 Å². The average molecular weight is 425 g/mol. The summed E-state index contributed by atoms with van der Waals surface area (Å²) in [5.74, 6) is 0.105. The van der Waals surface area contributed by atoms with Gasteiger partial charge in [0.15, 0.2) is 6.61 Å². The normalized spacial score (nSPS) is 12.4. The molecule has 0 aliphatic heterocycles. The number of sulfonamides is 1. The second-order valence-corrected chi connectivity index (χ2v) is 8.32. The molecule has 2 aromatic carbocycles. The molecule has 0 radical (unpaired) electrons. The predicted molar refractivity (Wildman–Crippen MR) is 110 cm³/mol. The van der Waals surface area contributed by atoms with Gasteiger partial charge in [-0.05, 0) is 44.5 Å². The van der Waals surface area contributed by atoms with Crippen molar-refractivity contribution >= 4 is 27.5 Å². The van der Waals surface area contributed by atoms with Crippen molar-refractivity contribution < 1.29 is 17.9 Å². The van der Waals surface area contributed by atoms with Gasteiger partial charge in [0.1, 0.15) is 5.75 Å². The highest BCUT2D eigenvalue weighted by atomic mass is 35.5. The van der Waals surface area contributed by atoms with Gasteiger partial charge in [-0.15, -0.1) is 0 Å². The maximum Gasteiger partial charge on any atom is 0.260 e. The molecule has 8 heteroatoms. The number of amides is 1. The molecule has 28 heavy (non-hydrogen) atoms. The van der Waals surface area contributed by atoms with Crippen LogP contribution in [-0.4, -0.2) is 38.9 Å². The monoisotopic (exact) mass is 424 g/mol. The quantitative estimate of drug-likeness (QED) is 0.667. The Labute approximate surface area is 171 Å². The number of benzene rings is 2. The summed E-state index contributed by atoms with van der Waals surface area (Å²) in [6, 6.07) is 13.1. The van der Waals surface area contributed by atoms with Crippen LogP contribution in [-0.2, 0) is 14.8 Å². The molecule has 0 fully saturated rings. The van der Waals surface area contributed by atoms with Crippen LogP contribution in [0.1, 0.15) is 32.4 Å². The zero-order valence-corrected chi connectivity index (χ0v) is 17.8. The van der Waals surface area contributed by atoms with Crippen LogP contribution in [0.3, 0.4) is 0 Å². The number of ether oxygens (including phenoxy) is 1. The Morgan fingerprint density at radius 3 is 2.36 bits per heavy atom. The first-order valence-electron chi connectivity index (χ1n) is 9.05. The number of nitrogens with one attached hydrogen (secondary N) is 1. The Kier molecular flexibility index (Phi) is 7.86. The number of nitrogens with zero attached hydrogens (tertiary/aromatic N) is 1. The van der Waals surface area contributed by atoms with Crippen LogP contribution < -0.4 is 9.46 Å². The van der Waals surface area contributed by atoms with Crippen molar-refractivity contribution in [2.75, 3.05) is 19.7 Å². The highest BCUT2D eigenvalue weighted by Gasteiger charge is 2.20. The maximum atomic E-state index is 12.6. The van der Waals surface area contributed by atoms with Crippen molar-refractivity contribution in [3.05, 3.63) is 59.1 Å². The van der Waals surface area contributed by atoms with E-state index in [1.807, 2.05) is 44.2 Å². The minimum absolute atomic E-state index is 0.0303. The molecule has 0 saturated carbocycles. The smallest absolute Gasteiger partial charge is 0.260 e. The third-order valence-electron chi connectivity index (χ3n) is 4.31. The molecule has 0 aliphatic rings. The van der Waals surface area contributed by atoms with Crippen LogP contribution in [0.5, 0.6) is 5.75 Å². The second-order valence-electron chi connectivity index (χ2n) is 6.20. The van der Waals surface area contributed by atoms with Crippen molar-refractivity contribution in [2.24, 2.45) is 0 Å². The van der Waals surface area contributed by atoms with Crippen molar-refractivity contribution in [3.8, 4) is 5.75 Å². The summed E-state index contributed by atoms with van der Waals surface area (Å²) in [5, 5.41) is 0.127. The van der Waals surface area contributed by atoms with Crippen molar-refractivity contribution in [1.29, 1.82) is 0 Å². The first-order chi connectivity index (χ1) is 13.3. The molecule has 0 saturated heterocycles. The average Bonchev–Trinajstić information content (AvgIpc) is 2.68. The van der Waals surface area contributed by atoms with Gasteiger partial charge in [-0.3, -0.25) is 4.79 Å². The van der Waals surface area contributed by atoms with E-state index in [4.69, 9.17) is 16.3 Å². The largest absolute Gasteiger partial charge is 0.482 e. The first-order valence-corrected chi connectivity index (χ1v) is 10.9. The Hall–Kier alpha value is -2.09. The molecular formula is C20H25ClN2O4S. The zero-order chi connectivity index (χ0) is 20.7. The van der Waals surface area contributed by atoms with Gasteiger partial charge in [-0.2, -0.15) is 0 Å². The third kappa shape index (κ3) is 5.70. The molecule has 6 nitrogen and oxygen atoms in total. The SMILES string of the molecule is CCN(CC)C(=O)COc1ccc(S(=O)(=O)N[C@H](C)c2ccccc2)cc1Cl. The van der Waals surface area contributed by atoms with E-state index in [1.165, 1.54) is 18.2 Å². The van der Waals surface area contributed by atoms with E-state index in [0.29, 0.717) is 13.1 Å². The summed E-state index contributed by atoms with van der Waals surface area (Å²) < 4.78 is 33.4. The molecule has 1 amide bonds. The second kappa shape index (κ2) is 9.91. The number of rotatable bonds is 9. The Morgan fingerprint density at radius 1 is 1.14 bits per heavy atom. The Balaban J connectivity index is 2.09.